The minimum Gasteiger partial charge on any atom is -0.465 e. The van der Waals surface area contributed by atoms with Crippen molar-refractivity contribution in [2.45, 2.75) is 5.03 Å². The van der Waals surface area contributed by atoms with E-state index in [2.05, 4.69) is 9.72 Å². The molecule has 0 spiro atoms. The predicted octanol–water partition coefficient (Wildman–Crippen LogP) is 0.602. The first-order chi connectivity index (χ1) is 7.91. The van der Waals surface area contributed by atoms with Crippen LogP contribution in [-0.2, 0) is 14.8 Å². The van der Waals surface area contributed by atoms with E-state index >= 15 is 0 Å². The van der Waals surface area contributed by atoms with Crippen LogP contribution in [0.15, 0.2) is 29.3 Å². The number of carbonyl (C=O) groups is 1. The van der Waals surface area contributed by atoms with Gasteiger partial charge in [-0.3, -0.25) is 0 Å². The molecule has 2 rings (SSSR count). The van der Waals surface area contributed by atoms with Crippen LogP contribution in [0.3, 0.4) is 0 Å². The second-order valence-electron chi connectivity index (χ2n) is 3.47. The first kappa shape index (κ1) is 11.6. The van der Waals surface area contributed by atoms with Crippen molar-refractivity contribution < 1.29 is 17.9 Å². The van der Waals surface area contributed by atoms with Crippen LogP contribution in [0.25, 0.3) is 10.9 Å². The van der Waals surface area contributed by atoms with Gasteiger partial charge in [0.15, 0.2) is 0 Å². The summed E-state index contributed by atoms with van der Waals surface area (Å²) in [4.78, 5) is 13.9. The number of ether oxygens (including phenoxy) is 1. The summed E-state index contributed by atoms with van der Waals surface area (Å²) in [6.45, 7) is 0. The Morgan fingerprint density at radius 3 is 2.65 bits per heavy atom. The summed E-state index contributed by atoms with van der Waals surface area (Å²) in [5, 5.41) is 5.49. The quantitative estimate of drug-likeness (QED) is 0.766. The van der Waals surface area contributed by atoms with Gasteiger partial charge in [-0.1, -0.05) is 0 Å². The summed E-state index contributed by atoms with van der Waals surface area (Å²) < 4.78 is 26.8. The van der Waals surface area contributed by atoms with E-state index in [-0.39, 0.29) is 5.03 Å². The van der Waals surface area contributed by atoms with E-state index in [1.165, 1.54) is 25.3 Å². The molecule has 0 saturated heterocycles. The zero-order chi connectivity index (χ0) is 12.6. The third-order valence-corrected chi connectivity index (χ3v) is 3.16. The number of aromatic nitrogens is 1. The van der Waals surface area contributed by atoms with Crippen molar-refractivity contribution in [3.05, 3.63) is 29.8 Å². The fourth-order valence-electron chi connectivity index (χ4n) is 1.50. The Kier molecular flexibility index (Phi) is 2.64. The minimum absolute atomic E-state index is 0.0884. The Hall–Kier alpha value is -1.86. The number of hydrogen-bond donors (Lipinski definition) is 2. The van der Waals surface area contributed by atoms with E-state index < -0.39 is 16.0 Å². The van der Waals surface area contributed by atoms with Gasteiger partial charge >= 0.3 is 5.97 Å². The van der Waals surface area contributed by atoms with Gasteiger partial charge in [0.1, 0.15) is 5.03 Å². The molecule has 0 saturated carbocycles. The lowest BCUT2D eigenvalue weighted by Gasteiger charge is -1.98. The average Bonchev–Trinajstić information content (AvgIpc) is 2.70. The largest absolute Gasteiger partial charge is 0.465 e. The number of H-pyrrole nitrogens is 1. The average molecular weight is 254 g/mol. The smallest absolute Gasteiger partial charge is 0.337 e. The van der Waals surface area contributed by atoms with Crippen molar-refractivity contribution in [2.24, 2.45) is 5.14 Å². The minimum atomic E-state index is -3.78. The van der Waals surface area contributed by atoms with Crippen LogP contribution >= 0.6 is 0 Å². The van der Waals surface area contributed by atoms with E-state index in [4.69, 9.17) is 5.14 Å². The molecule has 0 unspecified atom stereocenters. The molecule has 7 heteroatoms. The molecule has 0 aliphatic rings. The number of carbonyl (C=O) groups excluding carboxylic acids is 1. The maximum Gasteiger partial charge on any atom is 0.337 e. The van der Waals surface area contributed by atoms with E-state index in [1.807, 2.05) is 0 Å². The molecule has 0 amide bonds. The van der Waals surface area contributed by atoms with Crippen molar-refractivity contribution in [1.29, 1.82) is 0 Å². The van der Waals surface area contributed by atoms with E-state index in [1.54, 1.807) is 6.07 Å². The second-order valence-corrected chi connectivity index (χ2v) is 5.00. The summed E-state index contributed by atoms with van der Waals surface area (Å²) in [5.74, 6) is -0.481. The normalized spacial score (nSPS) is 11.6. The van der Waals surface area contributed by atoms with Gasteiger partial charge in [-0.25, -0.2) is 18.4 Å². The summed E-state index contributed by atoms with van der Waals surface area (Å²) in [6, 6.07) is 6.04. The van der Waals surface area contributed by atoms with Crippen LogP contribution in [0.5, 0.6) is 0 Å². The maximum atomic E-state index is 11.3. The lowest BCUT2D eigenvalue weighted by atomic mass is 10.1. The molecule has 3 N–H and O–H groups in total. The first-order valence-corrected chi connectivity index (χ1v) is 6.20. The van der Waals surface area contributed by atoms with Gasteiger partial charge in [0, 0.05) is 10.9 Å². The van der Waals surface area contributed by atoms with Gasteiger partial charge in [-0.15, -0.1) is 0 Å². The lowest BCUT2D eigenvalue weighted by Crippen LogP contribution is -2.12. The highest BCUT2D eigenvalue weighted by atomic mass is 32.2. The zero-order valence-corrected chi connectivity index (χ0v) is 9.74. The van der Waals surface area contributed by atoms with Gasteiger partial charge in [-0.2, -0.15) is 0 Å². The highest BCUT2D eigenvalue weighted by Crippen LogP contribution is 2.19. The zero-order valence-electron chi connectivity index (χ0n) is 8.93. The topological polar surface area (TPSA) is 102 Å². The van der Waals surface area contributed by atoms with Crippen molar-refractivity contribution in [2.75, 3.05) is 7.11 Å². The molecule has 0 aliphatic carbocycles. The monoisotopic (exact) mass is 254 g/mol. The number of nitrogens with two attached hydrogens (primary N) is 1. The Morgan fingerprint density at radius 1 is 1.35 bits per heavy atom. The number of methoxy groups -OCH3 is 1. The van der Waals surface area contributed by atoms with Gasteiger partial charge in [0.25, 0.3) is 10.0 Å². The molecule has 0 radical (unpaired) electrons. The third kappa shape index (κ3) is 2.15. The molecule has 1 heterocycles. The van der Waals surface area contributed by atoms with Crippen LogP contribution in [0.2, 0.25) is 0 Å². The molecule has 17 heavy (non-hydrogen) atoms. The standard InChI is InChI=1S/C10H10N2O4S/c1-16-10(13)6-2-3-8-7(4-6)5-9(12-8)17(11,14)15/h2-5,12H,1H3,(H2,11,14,15). The fraction of sp³-hybridized carbons (Fsp3) is 0.100. The van der Waals surface area contributed by atoms with Gasteiger partial charge < -0.3 is 9.72 Å². The van der Waals surface area contributed by atoms with Crippen molar-refractivity contribution >= 4 is 26.9 Å². The van der Waals surface area contributed by atoms with Crippen LogP contribution in [0.4, 0.5) is 0 Å². The van der Waals surface area contributed by atoms with Crippen LogP contribution < -0.4 is 5.14 Å². The number of sulfonamides is 1. The number of rotatable bonds is 2. The Balaban J connectivity index is 2.60. The van der Waals surface area contributed by atoms with Crippen molar-refractivity contribution in [3.8, 4) is 0 Å². The molecule has 1 aromatic carbocycles. The fourth-order valence-corrected chi connectivity index (χ4v) is 2.05. The number of benzene rings is 1. The Labute approximate surface area is 97.4 Å². The Bertz CT molecular complexity index is 687. The second kappa shape index (κ2) is 3.86. The molecule has 6 nitrogen and oxygen atoms in total. The summed E-state index contributed by atoms with van der Waals surface area (Å²) in [6.07, 6.45) is 0. The highest BCUT2D eigenvalue weighted by molar-refractivity contribution is 7.89. The molecule has 1 aromatic heterocycles. The molecule has 2 aromatic rings. The maximum absolute atomic E-state index is 11.3. The SMILES string of the molecule is COC(=O)c1ccc2[nH]c(S(N)(=O)=O)cc2c1. The number of primary sulfonamides is 1. The van der Waals surface area contributed by atoms with Crippen LogP contribution in [-0.4, -0.2) is 26.5 Å². The molecular formula is C10H10N2O4S. The number of esters is 1. The van der Waals surface area contributed by atoms with Gasteiger partial charge in [0.2, 0.25) is 0 Å². The van der Waals surface area contributed by atoms with E-state index in [0.717, 1.165) is 0 Å². The van der Waals surface area contributed by atoms with Gasteiger partial charge in [0.05, 0.1) is 12.7 Å². The van der Waals surface area contributed by atoms with E-state index in [9.17, 15) is 13.2 Å². The van der Waals surface area contributed by atoms with Crippen molar-refractivity contribution in [3.63, 3.8) is 0 Å². The molecular weight excluding hydrogens is 244 g/mol. The Morgan fingerprint density at radius 2 is 2.06 bits per heavy atom. The number of aromatic amines is 1. The molecule has 0 bridgehead atoms. The molecule has 0 fully saturated rings. The number of fused-ring (bicyclic) bond motifs is 1. The molecule has 90 valence electrons. The summed E-state index contributed by atoms with van der Waals surface area (Å²) in [7, 11) is -2.50. The molecule has 0 aliphatic heterocycles. The predicted molar refractivity (Wildman–Crippen MR) is 61.0 cm³/mol. The first-order valence-electron chi connectivity index (χ1n) is 4.66. The van der Waals surface area contributed by atoms with E-state index in [0.29, 0.717) is 16.5 Å². The number of nitrogens with one attached hydrogen (secondary N) is 1. The van der Waals surface area contributed by atoms with Crippen LogP contribution in [0.1, 0.15) is 10.4 Å². The summed E-state index contributed by atoms with van der Waals surface area (Å²) >= 11 is 0. The third-order valence-electron chi connectivity index (χ3n) is 2.32. The summed E-state index contributed by atoms with van der Waals surface area (Å²) in [5.41, 5.74) is 0.932. The van der Waals surface area contributed by atoms with Gasteiger partial charge in [-0.05, 0) is 24.3 Å². The highest BCUT2D eigenvalue weighted by Gasteiger charge is 2.13. The van der Waals surface area contributed by atoms with Crippen LogP contribution in [0, 0.1) is 0 Å². The van der Waals surface area contributed by atoms with Crippen molar-refractivity contribution in [1.82, 2.24) is 4.98 Å². The molecule has 0 atom stereocenters. The number of hydrogen-bond acceptors (Lipinski definition) is 4. The lowest BCUT2D eigenvalue weighted by molar-refractivity contribution is 0.0601.